The van der Waals surface area contributed by atoms with E-state index in [2.05, 4.69) is 15.5 Å². The second-order valence-electron chi connectivity index (χ2n) is 5.25. The molecule has 26 heavy (non-hydrogen) atoms. The summed E-state index contributed by atoms with van der Waals surface area (Å²) in [7, 11) is 2.96. The smallest absolute Gasteiger partial charge is 0.257 e. The number of carbonyl (C=O) groups is 1. The van der Waals surface area contributed by atoms with E-state index in [1.165, 1.54) is 38.5 Å². The second kappa shape index (κ2) is 7.64. The molecule has 8 heteroatoms. The number of benzene rings is 2. The van der Waals surface area contributed by atoms with E-state index < -0.39 is 0 Å². The summed E-state index contributed by atoms with van der Waals surface area (Å²) in [5.41, 5.74) is 0.917. The zero-order valence-corrected chi connectivity index (χ0v) is 14.2. The molecule has 0 unspecified atom stereocenters. The lowest BCUT2D eigenvalue weighted by molar-refractivity contribution is 0.0946. The van der Waals surface area contributed by atoms with Crippen LogP contribution in [-0.2, 0) is 6.54 Å². The van der Waals surface area contributed by atoms with Crippen molar-refractivity contribution in [3.63, 3.8) is 0 Å². The Bertz CT molecular complexity index is 909. The fourth-order valence-electron chi connectivity index (χ4n) is 2.36. The molecule has 1 aromatic heterocycles. The zero-order chi connectivity index (χ0) is 18.5. The number of hydrogen-bond donors (Lipinski definition) is 1. The van der Waals surface area contributed by atoms with Crippen molar-refractivity contribution in [1.29, 1.82) is 0 Å². The summed E-state index contributed by atoms with van der Waals surface area (Å²) < 4.78 is 28.5. The van der Waals surface area contributed by atoms with E-state index >= 15 is 0 Å². The molecule has 3 aromatic rings. The molecule has 2 aromatic carbocycles. The number of halogens is 1. The Kier molecular flexibility index (Phi) is 5.12. The first kappa shape index (κ1) is 17.4. The summed E-state index contributed by atoms with van der Waals surface area (Å²) in [6.07, 6.45) is 0. The number of methoxy groups -OCH3 is 2. The maximum atomic E-state index is 13.0. The summed E-state index contributed by atoms with van der Waals surface area (Å²) in [6.45, 7) is 0.0594. The van der Waals surface area contributed by atoms with Gasteiger partial charge in [0, 0.05) is 5.56 Å². The number of aromatic nitrogens is 2. The van der Waals surface area contributed by atoms with Gasteiger partial charge < -0.3 is 19.3 Å². The van der Waals surface area contributed by atoms with E-state index in [4.69, 9.17) is 14.0 Å². The summed E-state index contributed by atoms with van der Waals surface area (Å²) in [4.78, 5) is 16.6. The van der Waals surface area contributed by atoms with Crippen LogP contribution in [0, 0.1) is 5.82 Å². The zero-order valence-electron chi connectivity index (χ0n) is 14.2. The van der Waals surface area contributed by atoms with Crippen LogP contribution < -0.4 is 14.8 Å². The molecule has 0 bridgehead atoms. The van der Waals surface area contributed by atoms with Crippen LogP contribution in [-0.4, -0.2) is 30.3 Å². The van der Waals surface area contributed by atoms with Crippen molar-refractivity contribution < 1.29 is 23.2 Å². The number of rotatable bonds is 6. The normalized spacial score (nSPS) is 10.4. The molecular formula is C18H16FN3O4. The lowest BCUT2D eigenvalue weighted by Gasteiger charge is -2.11. The van der Waals surface area contributed by atoms with Crippen molar-refractivity contribution in [1.82, 2.24) is 15.5 Å². The van der Waals surface area contributed by atoms with Gasteiger partial charge in [-0.25, -0.2) is 4.39 Å². The summed E-state index contributed by atoms with van der Waals surface area (Å²) in [5.74, 6) is 0.612. The lowest BCUT2D eigenvalue weighted by atomic mass is 10.1. The molecule has 7 nitrogen and oxygen atoms in total. The molecule has 1 N–H and O–H groups in total. The standard InChI is InChI=1S/C18H16FN3O4/c1-24-14-5-3-4-13(16(14)25-2)17(23)20-10-15-21-18(26-22-15)11-6-8-12(19)9-7-11/h3-9H,10H2,1-2H3,(H,20,23). The Hall–Kier alpha value is -3.42. The summed E-state index contributed by atoms with van der Waals surface area (Å²) in [6, 6.07) is 10.7. The number of nitrogens with one attached hydrogen (secondary N) is 1. The van der Waals surface area contributed by atoms with E-state index in [-0.39, 0.29) is 24.2 Å². The average molecular weight is 357 g/mol. The maximum absolute atomic E-state index is 13.0. The molecule has 0 fully saturated rings. The van der Waals surface area contributed by atoms with E-state index in [0.717, 1.165) is 0 Å². The molecule has 1 heterocycles. The minimum absolute atomic E-state index is 0.0594. The first-order valence-corrected chi connectivity index (χ1v) is 7.70. The van der Waals surface area contributed by atoms with Crippen LogP contribution >= 0.6 is 0 Å². The van der Waals surface area contributed by atoms with Crippen LogP contribution in [0.1, 0.15) is 16.2 Å². The van der Waals surface area contributed by atoms with Gasteiger partial charge in [-0.05, 0) is 36.4 Å². The van der Waals surface area contributed by atoms with Gasteiger partial charge in [0.05, 0.1) is 26.3 Å². The van der Waals surface area contributed by atoms with Crippen LogP contribution in [0.5, 0.6) is 11.5 Å². The van der Waals surface area contributed by atoms with Crippen LogP contribution in [0.15, 0.2) is 47.0 Å². The van der Waals surface area contributed by atoms with Gasteiger partial charge in [-0.2, -0.15) is 4.98 Å². The van der Waals surface area contributed by atoms with E-state index in [1.807, 2.05) is 0 Å². The van der Waals surface area contributed by atoms with Gasteiger partial charge in [0.2, 0.25) is 0 Å². The van der Waals surface area contributed by atoms with Crippen LogP contribution in [0.3, 0.4) is 0 Å². The van der Waals surface area contributed by atoms with Crippen molar-refractivity contribution in [2.45, 2.75) is 6.54 Å². The Labute approximate surface area is 148 Å². The first-order chi connectivity index (χ1) is 12.6. The molecule has 1 amide bonds. The van der Waals surface area contributed by atoms with E-state index in [0.29, 0.717) is 28.5 Å². The molecule has 0 aliphatic carbocycles. The van der Waals surface area contributed by atoms with Gasteiger partial charge >= 0.3 is 0 Å². The molecule has 0 saturated carbocycles. The van der Waals surface area contributed by atoms with Crippen molar-refractivity contribution in [2.75, 3.05) is 14.2 Å². The van der Waals surface area contributed by atoms with Gasteiger partial charge in [-0.3, -0.25) is 4.79 Å². The Morgan fingerprint density at radius 1 is 1.15 bits per heavy atom. The highest BCUT2D eigenvalue weighted by Gasteiger charge is 2.17. The third-order valence-electron chi connectivity index (χ3n) is 3.61. The monoisotopic (exact) mass is 357 g/mol. The largest absolute Gasteiger partial charge is 0.493 e. The van der Waals surface area contributed by atoms with E-state index in [9.17, 15) is 9.18 Å². The van der Waals surface area contributed by atoms with Gasteiger partial charge in [-0.1, -0.05) is 11.2 Å². The van der Waals surface area contributed by atoms with Gasteiger partial charge in [0.25, 0.3) is 11.8 Å². The quantitative estimate of drug-likeness (QED) is 0.730. The van der Waals surface area contributed by atoms with Gasteiger partial charge in [-0.15, -0.1) is 0 Å². The van der Waals surface area contributed by atoms with Crippen molar-refractivity contribution >= 4 is 5.91 Å². The SMILES string of the molecule is COc1cccc(C(=O)NCc2noc(-c3ccc(F)cc3)n2)c1OC. The van der Waals surface area contributed by atoms with Crippen LogP contribution in [0.2, 0.25) is 0 Å². The summed E-state index contributed by atoms with van der Waals surface area (Å²) in [5, 5.41) is 6.50. The number of hydrogen-bond acceptors (Lipinski definition) is 6. The van der Waals surface area contributed by atoms with Gasteiger partial charge in [0.1, 0.15) is 5.82 Å². The molecule has 0 radical (unpaired) electrons. The number of nitrogens with zero attached hydrogens (tertiary/aromatic N) is 2. The Morgan fingerprint density at radius 2 is 1.92 bits per heavy atom. The minimum Gasteiger partial charge on any atom is -0.493 e. The van der Waals surface area contributed by atoms with Gasteiger partial charge in [0.15, 0.2) is 17.3 Å². The fourth-order valence-corrected chi connectivity index (χ4v) is 2.36. The number of ether oxygens (including phenoxy) is 2. The highest BCUT2D eigenvalue weighted by Crippen LogP contribution is 2.30. The topological polar surface area (TPSA) is 86.5 Å². The Balaban J connectivity index is 1.70. The number of amides is 1. The molecule has 0 atom stereocenters. The predicted octanol–water partition coefficient (Wildman–Crippen LogP) is 2.82. The average Bonchev–Trinajstić information content (AvgIpc) is 3.14. The molecule has 0 aliphatic rings. The first-order valence-electron chi connectivity index (χ1n) is 7.70. The molecule has 3 rings (SSSR count). The fraction of sp³-hybridized carbons (Fsp3) is 0.167. The molecule has 134 valence electrons. The second-order valence-corrected chi connectivity index (χ2v) is 5.25. The number of para-hydroxylation sites is 1. The van der Waals surface area contributed by atoms with Crippen molar-refractivity contribution in [2.24, 2.45) is 0 Å². The molecule has 0 saturated heterocycles. The highest BCUT2D eigenvalue weighted by molar-refractivity contribution is 5.97. The minimum atomic E-state index is -0.367. The van der Waals surface area contributed by atoms with Crippen LogP contribution in [0.25, 0.3) is 11.5 Å². The predicted molar refractivity (Wildman–Crippen MR) is 90.4 cm³/mol. The van der Waals surface area contributed by atoms with E-state index in [1.54, 1.807) is 18.2 Å². The molecule has 0 aliphatic heterocycles. The highest BCUT2D eigenvalue weighted by atomic mass is 19.1. The van der Waals surface area contributed by atoms with Crippen molar-refractivity contribution in [3.05, 3.63) is 59.7 Å². The van der Waals surface area contributed by atoms with Crippen molar-refractivity contribution in [3.8, 4) is 23.0 Å². The lowest BCUT2D eigenvalue weighted by Crippen LogP contribution is -2.24. The van der Waals surface area contributed by atoms with Crippen LogP contribution in [0.4, 0.5) is 4.39 Å². The maximum Gasteiger partial charge on any atom is 0.257 e. The summed E-state index contributed by atoms with van der Waals surface area (Å²) >= 11 is 0. The third-order valence-corrected chi connectivity index (χ3v) is 3.61. The third kappa shape index (κ3) is 3.64. The number of carbonyl (C=O) groups excluding carboxylic acids is 1. The molecule has 0 spiro atoms. The Morgan fingerprint density at radius 3 is 2.62 bits per heavy atom. The molecular weight excluding hydrogens is 341 g/mol.